The number of ether oxygens (including phenoxy) is 2. The van der Waals surface area contributed by atoms with Crippen molar-refractivity contribution in [3.63, 3.8) is 0 Å². The molecule has 1 saturated heterocycles. The Balaban J connectivity index is 1.74. The van der Waals surface area contributed by atoms with Gasteiger partial charge >= 0.3 is 0 Å². The van der Waals surface area contributed by atoms with E-state index in [2.05, 4.69) is 15.3 Å². The van der Waals surface area contributed by atoms with Gasteiger partial charge in [0, 0.05) is 59.1 Å². The van der Waals surface area contributed by atoms with Crippen LogP contribution in [-0.4, -0.2) is 91.0 Å². The van der Waals surface area contributed by atoms with Gasteiger partial charge in [-0.15, -0.1) is 5.10 Å². The third-order valence-electron chi connectivity index (χ3n) is 4.07. The Morgan fingerprint density at radius 1 is 1.28 bits per heavy atom. The summed E-state index contributed by atoms with van der Waals surface area (Å²) in [6.45, 7) is 6.66. The van der Waals surface area contributed by atoms with Crippen LogP contribution in [0.1, 0.15) is 17.3 Å². The first kappa shape index (κ1) is 19.2. The van der Waals surface area contributed by atoms with Crippen molar-refractivity contribution in [2.45, 2.75) is 6.92 Å². The van der Waals surface area contributed by atoms with Gasteiger partial charge in [0.05, 0.1) is 7.11 Å². The van der Waals surface area contributed by atoms with Gasteiger partial charge in [0.2, 0.25) is 11.8 Å². The fourth-order valence-corrected chi connectivity index (χ4v) is 2.71. The molecule has 0 bridgehead atoms. The number of rotatable bonds is 8. The summed E-state index contributed by atoms with van der Waals surface area (Å²) in [6.07, 6.45) is 1.68. The minimum atomic E-state index is -0.0978. The molecule has 1 fully saturated rings. The molecule has 140 valence electrons. The van der Waals surface area contributed by atoms with Gasteiger partial charge in [-0.2, -0.15) is 0 Å². The highest BCUT2D eigenvalue weighted by Crippen LogP contribution is 2.18. The molecule has 2 rings (SSSR count). The van der Waals surface area contributed by atoms with Crippen LogP contribution in [0.3, 0.4) is 0 Å². The maximum atomic E-state index is 12.6. The number of nitrogens with zero attached hydrogens (tertiary/aromatic N) is 4. The van der Waals surface area contributed by atoms with E-state index in [0.29, 0.717) is 37.7 Å². The van der Waals surface area contributed by atoms with Crippen molar-refractivity contribution < 1.29 is 19.1 Å². The highest BCUT2D eigenvalue weighted by atomic mass is 16.5. The number of hydrogen-bond acceptors (Lipinski definition) is 6. The number of carbonyl (C=O) groups excluding carboxylic acids is 2. The normalized spacial score (nSPS) is 15.2. The Morgan fingerprint density at radius 3 is 2.64 bits per heavy atom. The monoisotopic (exact) mass is 353 g/mol. The summed E-state index contributed by atoms with van der Waals surface area (Å²) < 4.78 is 11.8. The number of piperazine rings is 1. The minimum Gasteiger partial charge on any atom is -0.479 e. The van der Waals surface area contributed by atoms with E-state index in [9.17, 15) is 9.59 Å². The lowest BCUT2D eigenvalue weighted by molar-refractivity contribution is -0.125. The standard InChI is InChI=1S/C16H27N5O4/c1-4-25-12-14(22)17-5-6-20-7-9-21(10-8-20)16(23)13-11-19(2)18-15(13)24-3/h11H,4-10,12H2,1-3H3,(H,17,22). The van der Waals surface area contributed by atoms with Crippen LogP contribution in [0.4, 0.5) is 0 Å². The number of carbonyl (C=O) groups is 2. The first-order valence-electron chi connectivity index (χ1n) is 8.48. The lowest BCUT2D eigenvalue weighted by Crippen LogP contribution is -2.50. The average Bonchev–Trinajstić information content (AvgIpc) is 3.01. The Bertz CT molecular complexity index is 581. The maximum absolute atomic E-state index is 12.6. The summed E-state index contributed by atoms with van der Waals surface area (Å²) in [6, 6.07) is 0. The molecular weight excluding hydrogens is 326 g/mol. The van der Waals surface area contributed by atoms with Crippen LogP contribution in [0.25, 0.3) is 0 Å². The molecule has 2 heterocycles. The fourth-order valence-electron chi connectivity index (χ4n) is 2.71. The fraction of sp³-hybridized carbons (Fsp3) is 0.688. The molecule has 0 atom stereocenters. The number of methoxy groups -OCH3 is 1. The summed E-state index contributed by atoms with van der Waals surface area (Å²) >= 11 is 0. The molecule has 2 amide bonds. The molecule has 1 aromatic rings. The van der Waals surface area contributed by atoms with Gasteiger partial charge < -0.3 is 19.7 Å². The third kappa shape index (κ3) is 5.43. The highest BCUT2D eigenvalue weighted by Gasteiger charge is 2.25. The quantitative estimate of drug-likeness (QED) is 0.667. The van der Waals surface area contributed by atoms with Crippen molar-refractivity contribution >= 4 is 11.8 Å². The van der Waals surface area contributed by atoms with E-state index in [-0.39, 0.29) is 18.4 Å². The van der Waals surface area contributed by atoms with Gasteiger partial charge in [0.25, 0.3) is 5.91 Å². The summed E-state index contributed by atoms with van der Waals surface area (Å²) in [7, 11) is 3.27. The molecule has 0 radical (unpaired) electrons. The molecular formula is C16H27N5O4. The van der Waals surface area contributed by atoms with Gasteiger partial charge in [-0.25, -0.2) is 0 Å². The second-order valence-corrected chi connectivity index (χ2v) is 5.85. The van der Waals surface area contributed by atoms with Crippen LogP contribution in [0, 0.1) is 0 Å². The van der Waals surface area contributed by atoms with Gasteiger partial charge in [-0.1, -0.05) is 0 Å². The lowest BCUT2D eigenvalue weighted by Gasteiger charge is -2.34. The zero-order valence-electron chi connectivity index (χ0n) is 15.2. The van der Waals surface area contributed by atoms with Crippen molar-refractivity contribution in [2.75, 3.05) is 59.6 Å². The van der Waals surface area contributed by atoms with E-state index in [1.165, 1.54) is 7.11 Å². The van der Waals surface area contributed by atoms with E-state index >= 15 is 0 Å². The summed E-state index contributed by atoms with van der Waals surface area (Å²) in [5.74, 6) is 0.195. The van der Waals surface area contributed by atoms with E-state index in [1.807, 2.05) is 11.8 Å². The smallest absolute Gasteiger partial charge is 0.261 e. The maximum Gasteiger partial charge on any atom is 0.261 e. The Hall–Kier alpha value is -2.13. The molecule has 1 aromatic heterocycles. The molecule has 1 N–H and O–H groups in total. The second kappa shape index (κ2) is 9.38. The predicted octanol–water partition coefficient (Wildman–Crippen LogP) is -0.661. The van der Waals surface area contributed by atoms with Crippen LogP contribution in [0.2, 0.25) is 0 Å². The van der Waals surface area contributed by atoms with Gasteiger partial charge in [-0.3, -0.25) is 19.2 Å². The second-order valence-electron chi connectivity index (χ2n) is 5.85. The Kier molecular flexibility index (Phi) is 7.20. The van der Waals surface area contributed by atoms with Crippen molar-refractivity contribution in [3.8, 4) is 5.88 Å². The molecule has 9 heteroatoms. The van der Waals surface area contributed by atoms with E-state index in [4.69, 9.17) is 9.47 Å². The molecule has 0 spiro atoms. The topological polar surface area (TPSA) is 88.9 Å². The zero-order valence-corrected chi connectivity index (χ0v) is 15.2. The van der Waals surface area contributed by atoms with E-state index in [1.54, 1.807) is 17.9 Å². The highest BCUT2D eigenvalue weighted by molar-refractivity contribution is 5.96. The van der Waals surface area contributed by atoms with Gasteiger partial charge in [0.1, 0.15) is 12.2 Å². The first-order valence-corrected chi connectivity index (χ1v) is 8.48. The molecule has 0 aliphatic carbocycles. The first-order chi connectivity index (χ1) is 12.0. The van der Waals surface area contributed by atoms with Crippen molar-refractivity contribution in [1.29, 1.82) is 0 Å². The Morgan fingerprint density at radius 2 is 2.00 bits per heavy atom. The SMILES string of the molecule is CCOCC(=O)NCCN1CCN(C(=O)c2cn(C)nc2OC)CC1. The average molecular weight is 353 g/mol. The molecule has 1 aliphatic heterocycles. The van der Waals surface area contributed by atoms with Crippen molar-refractivity contribution in [3.05, 3.63) is 11.8 Å². The van der Waals surface area contributed by atoms with E-state index < -0.39 is 0 Å². The molecule has 9 nitrogen and oxygen atoms in total. The van der Waals surface area contributed by atoms with Crippen LogP contribution in [0.5, 0.6) is 5.88 Å². The van der Waals surface area contributed by atoms with Crippen molar-refractivity contribution in [2.24, 2.45) is 7.05 Å². The predicted molar refractivity (Wildman–Crippen MR) is 91.6 cm³/mol. The number of nitrogens with one attached hydrogen (secondary N) is 1. The number of hydrogen-bond donors (Lipinski definition) is 1. The summed E-state index contributed by atoms with van der Waals surface area (Å²) in [5, 5.41) is 6.95. The number of aryl methyl sites for hydroxylation is 1. The summed E-state index contributed by atoms with van der Waals surface area (Å²) in [5.41, 5.74) is 0.488. The van der Waals surface area contributed by atoms with E-state index in [0.717, 1.165) is 19.6 Å². The number of amides is 2. The molecule has 1 aliphatic rings. The van der Waals surface area contributed by atoms with Crippen LogP contribution in [0.15, 0.2) is 6.20 Å². The van der Waals surface area contributed by atoms with Crippen LogP contribution >= 0.6 is 0 Å². The Labute approximate surface area is 147 Å². The van der Waals surface area contributed by atoms with Crippen LogP contribution < -0.4 is 10.1 Å². The third-order valence-corrected chi connectivity index (χ3v) is 4.07. The summed E-state index contributed by atoms with van der Waals surface area (Å²) in [4.78, 5) is 28.1. The number of aromatic nitrogens is 2. The minimum absolute atomic E-state index is 0.0605. The molecule has 25 heavy (non-hydrogen) atoms. The van der Waals surface area contributed by atoms with Crippen molar-refractivity contribution in [1.82, 2.24) is 24.9 Å². The van der Waals surface area contributed by atoms with Gasteiger partial charge in [0.15, 0.2) is 0 Å². The van der Waals surface area contributed by atoms with Gasteiger partial charge in [-0.05, 0) is 6.92 Å². The largest absolute Gasteiger partial charge is 0.479 e. The van der Waals surface area contributed by atoms with Crippen LogP contribution in [-0.2, 0) is 16.6 Å². The zero-order chi connectivity index (χ0) is 18.2. The molecule has 0 aromatic carbocycles. The lowest BCUT2D eigenvalue weighted by atomic mass is 10.2. The molecule has 0 saturated carbocycles. The molecule has 0 unspecified atom stereocenters.